The van der Waals surface area contributed by atoms with Crippen LogP contribution in [0.5, 0.6) is 0 Å². The van der Waals surface area contributed by atoms with E-state index in [-0.39, 0.29) is 23.4 Å². The molecule has 0 radical (unpaired) electrons. The number of carbonyl (C=O) groups excluding carboxylic acids is 1. The monoisotopic (exact) mass is 296 g/mol. The van der Waals surface area contributed by atoms with Gasteiger partial charge in [0.2, 0.25) is 0 Å². The number of urea groups is 1. The minimum Gasteiger partial charge on any atom is -0.481 e. The molecular formula is C16H28N2O3. The summed E-state index contributed by atoms with van der Waals surface area (Å²) in [4.78, 5) is 23.5. The molecule has 5 atom stereocenters. The van der Waals surface area contributed by atoms with Gasteiger partial charge >= 0.3 is 12.0 Å². The first kappa shape index (κ1) is 16.1. The van der Waals surface area contributed by atoms with E-state index in [9.17, 15) is 14.7 Å². The molecule has 0 aromatic heterocycles. The van der Waals surface area contributed by atoms with Gasteiger partial charge in [-0.1, -0.05) is 27.7 Å². The van der Waals surface area contributed by atoms with Crippen LogP contribution in [0.15, 0.2) is 0 Å². The van der Waals surface area contributed by atoms with Crippen LogP contribution in [-0.4, -0.2) is 29.7 Å². The minimum absolute atomic E-state index is 0.142. The lowest BCUT2D eigenvalue weighted by Crippen LogP contribution is -2.51. The van der Waals surface area contributed by atoms with Gasteiger partial charge in [0.05, 0.1) is 5.92 Å². The molecule has 2 rings (SSSR count). The Kier molecular flexibility index (Phi) is 4.49. The Balaban J connectivity index is 1.86. The third-order valence-electron chi connectivity index (χ3n) is 5.55. The molecule has 2 saturated carbocycles. The molecule has 5 nitrogen and oxygen atoms in total. The Morgan fingerprint density at radius 2 is 1.86 bits per heavy atom. The third-order valence-corrected chi connectivity index (χ3v) is 5.55. The molecule has 2 aliphatic rings. The Morgan fingerprint density at radius 3 is 2.43 bits per heavy atom. The number of carboxylic acid groups (broad SMARTS) is 1. The highest BCUT2D eigenvalue weighted by molar-refractivity contribution is 5.77. The molecule has 2 amide bonds. The largest absolute Gasteiger partial charge is 0.481 e. The zero-order valence-corrected chi connectivity index (χ0v) is 13.5. The van der Waals surface area contributed by atoms with Crippen molar-refractivity contribution >= 4 is 12.0 Å². The van der Waals surface area contributed by atoms with Crippen LogP contribution in [-0.2, 0) is 4.79 Å². The van der Waals surface area contributed by atoms with Crippen LogP contribution in [0.3, 0.4) is 0 Å². The number of nitrogens with one attached hydrogen (secondary N) is 2. The summed E-state index contributed by atoms with van der Waals surface area (Å²) in [6.07, 6.45) is 2.97. The normalized spacial score (nSPS) is 32.8. The molecule has 2 fully saturated rings. The van der Waals surface area contributed by atoms with Gasteiger partial charge in [0.1, 0.15) is 0 Å². The molecular weight excluding hydrogens is 268 g/mol. The quantitative estimate of drug-likeness (QED) is 0.745. The molecule has 2 bridgehead atoms. The Morgan fingerprint density at radius 1 is 1.24 bits per heavy atom. The molecule has 120 valence electrons. The van der Waals surface area contributed by atoms with Crippen molar-refractivity contribution in [2.45, 2.75) is 53.0 Å². The zero-order valence-electron chi connectivity index (χ0n) is 13.5. The summed E-state index contributed by atoms with van der Waals surface area (Å²) in [6, 6.07) is -0.430. The maximum atomic E-state index is 12.1. The van der Waals surface area contributed by atoms with E-state index in [1.807, 2.05) is 0 Å². The fourth-order valence-corrected chi connectivity index (χ4v) is 3.61. The standard InChI is InChI=1S/C16H28N2O3/c1-9(16(2,3)4)8-17-15(21)18-13-11-6-5-10(7-11)12(13)14(19)20/h9-13H,5-8H2,1-4H3,(H,19,20)(H2,17,18,21). The zero-order chi connectivity index (χ0) is 15.8. The van der Waals surface area contributed by atoms with Gasteiger partial charge in [-0.25, -0.2) is 4.79 Å². The van der Waals surface area contributed by atoms with Crippen LogP contribution in [0.2, 0.25) is 0 Å². The van der Waals surface area contributed by atoms with E-state index in [0.717, 1.165) is 19.3 Å². The number of hydrogen-bond acceptors (Lipinski definition) is 2. The molecule has 21 heavy (non-hydrogen) atoms. The van der Waals surface area contributed by atoms with E-state index in [2.05, 4.69) is 38.3 Å². The molecule has 0 aromatic rings. The van der Waals surface area contributed by atoms with E-state index in [4.69, 9.17) is 0 Å². The fraction of sp³-hybridized carbons (Fsp3) is 0.875. The van der Waals surface area contributed by atoms with Crippen molar-refractivity contribution in [3.8, 4) is 0 Å². The van der Waals surface area contributed by atoms with Gasteiger partial charge in [0, 0.05) is 12.6 Å². The summed E-state index contributed by atoms with van der Waals surface area (Å²) in [5.41, 5.74) is 0.142. The second-order valence-electron chi connectivity index (χ2n) is 7.84. The van der Waals surface area contributed by atoms with Crippen LogP contribution in [0.25, 0.3) is 0 Å². The fourth-order valence-electron chi connectivity index (χ4n) is 3.61. The van der Waals surface area contributed by atoms with E-state index in [1.54, 1.807) is 0 Å². The topological polar surface area (TPSA) is 78.4 Å². The van der Waals surface area contributed by atoms with Gasteiger partial charge in [-0.05, 0) is 42.4 Å². The lowest BCUT2D eigenvalue weighted by molar-refractivity contribution is -0.144. The minimum atomic E-state index is -0.768. The SMILES string of the molecule is CC(CNC(=O)NC1C2CCC(C2)C1C(=O)O)C(C)(C)C. The van der Waals surface area contributed by atoms with Crippen LogP contribution < -0.4 is 10.6 Å². The number of rotatable bonds is 4. The Hall–Kier alpha value is -1.26. The van der Waals surface area contributed by atoms with Crippen LogP contribution in [0.4, 0.5) is 4.79 Å². The van der Waals surface area contributed by atoms with Crippen molar-refractivity contribution in [3.63, 3.8) is 0 Å². The summed E-state index contributed by atoms with van der Waals surface area (Å²) in [5, 5.41) is 15.2. The maximum absolute atomic E-state index is 12.1. The van der Waals surface area contributed by atoms with Crippen molar-refractivity contribution in [1.29, 1.82) is 0 Å². The highest BCUT2D eigenvalue weighted by Gasteiger charge is 2.51. The summed E-state index contributed by atoms with van der Waals surface area (Å²) in [6.45, 7) is 9.15. The van der Waals surface area contributed by atoms with Gasteiger partial charge in [0.25, 0.3) is 0 Å². The van der Waals surface area contributed by atoms with Crippen LogP contribution >= 0.6 is 0 Å². The van der Waals surface area contributed by atoms with Gasteiger partial charge in [-0.15, -0.1) is 0 Å². The first-order valence-corrected chi connectivity index (χ1v) is 7.97. The molecule has 0 spiro atoms. The summed E-state index contributed by atoms with van der Waals surface area (Å²) < 4.78 is 0. The smallest absolute Gasteiger partial charge is 0.315 e. The number of carboxylic acids is 1. The number of hydrogen-bond donors (Lipinski definition) is 3. The highest BCUT2D eigenvalue weighted by Crippen LogP contribution is 2.48. The van der Waals surface area contributed by atoms with Crippen molar-refractivity contribution in [3.05, 3.63) is 0 Å². The second kappa shape index (κ2) is 5.85. The van der Waals surface area contributed by atoms with Crippen molar-refractivity contribution in [2.75, 3.05) is 6.54 Å². The predicted octanol–water partition coefficient (Wildman–Crippen LogP) is 2.47. The molecule has 3 N–H and O–H groups in total. The first-order valence-electron chi connectivity index (χ1n) is 7.97. The second-order valence-corrected chi connectivity index (χ2v) is 7.84. The van der Waals surface area contributed by atoms with Crippen LogP contribution in [0.1, 0.15) is 47.0 Å². The van der Waals surface area contributed by atoms with Gasteiger partial charge < -0.3 is 15.7 Å². The molecule has 5 heteroatoms. The maximum Gasteiger partial charge on any atom is 0.315 e. The lowest BCUT2D eigenvalue weighted by Gasteiger charge is -2.30. The van der Waals surface area contributed by atoms with E-state index < -0.39 is 11.9 Å². The van der Waals surface area contributed by atoms with Gasteiger partial charge in [0.15, 0.2) is 0 Å². The third kappa shape index (κ3) is 3.50. The average Bonchev–Trinajstić information content (AvgIpc) is 2.95. The van der Waals surface area contributed by atoms with E-state index in [1.165, 1.54) is 0 Å². The first-order chi connectivity index (χ1) is 9.70. The van der Waals surface area contributed by atoms with E-state index in [0.29, 0.717) is 18.4 Å². The Labute approximate surface area is 126 Å². The van der Waals surface area contributed by atoms with Crippen LogP contribution in [0, 0.1) is 29.1 Å². The lowest BCUT2D eigenvalue weighted by atomic mass is 9.82. The highest BCUT2D eigenvalue weighted by atomic mass is 16.4. The molecule has 0 saturated heterocycles. The van der Waals surface area contributed by atoms with Crippen molar-refractivity contribution in [1.82, 2.24) is 10.6 Å². The van der Waals surface area contributed by atoms with E-state index >= 15 is 0 Å². The molecule has 0 aliphatic heterocycles. The van der Waals surface area contributed by atoms with Crippen molar-refractivity contribution < 1.29 is 14.7 Å². The molecule has 2 aliphatic carbocycles. The number of carbonyl (C=O) groups is 2. The summed E-state index contributed by atoms with van der Waals surface area (Å²) in [7, 11) is 0. The number of amides is 2. The van der Waals surface area contributed by atoms with Gasteiger partial charge in [-0.3, -0.25) is 4.79 Å². The number of aliphatic carboxylic acids is 1. The van der Waals surface area contributed by atoms with Gasteiger partial charge in [-0.2, -0.15) is 0 Å². The predicted molar refractivity (Wildman–Crippen MR) is 80.9 cm³/mol. The summed E-state index contributed by atoms with van der Waals surface area (Å²) >= 11 is 0. The summed E-state index contributed by atoms with van der Waals surface area (Å²) in [5.74, 6) is -0.239. The molecule has 0 heterocycles. The van der Waals surface area contributed by atoms with Crippen molar-refractivity contribution in [2.24, 2.45) is 29.1 Å². The Bertz CT molecular complexity index is 416. The number of fused-ring (bicyclic) bond motifs is 2. The average molecular weight is 296 g/mol. The molecule has 0 aromatic carbocycles. The molecule has 5 unspecified atom stereocenters.